The van der Waals surface area contributed by atoms with E-state index in [-0.39, 0.29) is 0 Å². The summed E-state index contributed by atoms with van der Waals surface area (Å²) >= 11 is 0.611. The summed E-state index contributed by atoms with van der Waals surface area (Å²) < 4.78 is 8.28. The van der Waals surface area contributed by atoms with E-state index in [0.29, 0.717) is 16.2 Å². The molecule has 2 heteroatoms. The van der Waals surface area contributed by atoms with Crippen LogP contribution in [0.1, 0.15) is 0 Å². The van der Waals surface area contributed by atoms with E-state index in [2.05, 4.69) is 13.2 Å². The van der Waals surface area contributed by atoms with E-state index >= 15 is 0 Å². The quantitative estimate of drug-likeness (QED) is 0.362. The summed E-state index contributed by atoms with van der Waals surface area (Å²) in [6.45, 7) is 7.00. The van der Waals surface area contributed by atoms with Gasteiger partial charge in [0.15, 0.2) is 0 Å². The molecule has 0 aromatic heterocycles. The first kappa shape index (κ1) is 8.95. The number of rotatable bonds is 0. The summed E-state index contributed by atoms with van der Waals surface area (Å²) in [5.74, 6) is 0. The fourth-order valence-corrected chi connectivity index (χ4v) is 0. The molecule has 0 aromatic carbocycles. The van der Waals surface area contributed by atoms with Gasteiger partial charge < -0.3 is 0 Å². The van der Waals surface area contributed by atoms with Crippen molar-refractivity contribution in [1.29, 1.82) is 0 Å². The van der Waals surface area contributed by atoms with Crippen LogP contribution in [0.15, 0.2) is 6.58 Å². The van der Waals surface area contributed by atoms with Crippen molar-refractivity contribution in [2.24, 2.45) is 0 Å². The Balaban J connectivity index is 0. The number of hydrogen-bond acceptors (Lipinski definition) is 1. The number of hydrogen-bond donors (Lipinski definition) is 0. The third-order valence-corrected chi connectivity index (χ3v) is 0. The summed E-state index contributed by atoms with van der Waals surface area (Å²) in [5.41, 5.74) is 0. The Morgan fingerprint density at radius 3 is 1.50 bits per heavy atom. The average Bonchev–Trinajstić information content (AvgIpc) is 1.50. The third-order valence-electron chi connectivity index (χ3n) is 0. The van der Waals surface area contributed by atoms with Crippen LogP contribution in [0.25, 0.3) is 0 Å². The van der Waals surface area contributed by atoms with E-state index < -0.39 is 0 Å². The minimum atomic E-state index is 0.611. The topological polar surface area (TPSA) is 17.1 Å². The molecule has 1 radical (unpaired) electrons. The van der Waals surface area contributed by atoms with E-state index in [4.69, 9.17) is 3.80 Å². The fourth-order valence-electron chi connectivity index (χ4n) is 0. The first-order valence-corrected chi connectivity index (χ1v) is 1.27. The first-order valence-electron chi connectivity index (χ1n) is 0.697. The first-order chi connectivity index (χ1) is 2.00. The Kier molecular flexibility index (Phi) is 5620. The maximum absolute atomic E-state index is 8.28. The van der Waals surface area contributed by atoms with Gasteiger partial charge in [0.1, 0.15) is 0 Å². The van der Waals surface area contributed by atoms with Gasteiger partial charge in [0.2, 0.25) is 0 Å². The second kappa shape index (κ2) is 2510. The van der Waals surface area contributed by atoms with Crippen LogP contribution in [-0.2, 0) is 3.80 Å². The van der Waals surface area contributed by atoms with Crippen molar-refractivity contribution in [2.75, 3.05) is 0 Å². The molecule has 0 aliphatic rings. The van der Waals surface area contributed by atoms with Crippen LogP contribution in [0.4, 0.5) is 0 Å². The van der Waals surface area contributed by atoms with E-state index in [1.807, 2.05) is 0 Å². The van der Waals surface area contributed by atoms with Crippen molar-refractivity contribution in [1.82, 2.24) is 0 Å². The van der Waals surface area contributed by atoms with Gasteiger partial charge in [-0.2, -0.15) is 0 Å². The molecule has 0 amide bonds. The Bertz CT molecular complexity index is 8.00. The molecule has 0 aliphatic heterocycles. The Morgan fingerprint density at radius 2 is 1.50 bits per heavy atom. The maximum atomic E-state index is 8.28. The summed E-state index contributed by atoms with van der Waals surface area (Å²) in [7, 11) is 0. The van der Waals surface area contributed by atoms with Gasteiger partial charge in [-0.3, -0.25) is 0 Å². The zero-order valence-electron chi connectivity index (χ0n) is 2.40. The molecule has 1 nitrogen and oxygen atoms in total. The molecule has 0 rings (SSSR count). The van der Waals surface area contributed by atoms with Crippen molar-refractivity contribution in [3.63, 3.8) is 0 Å². The van der Waals surface area contributed by atoms with Gasteiger partial charge in [-0.25, -0.2) is 0 Å². The summed E-state index contributed by atoms with van der Waals surface area (Å²) in [6, 6.07) is 0. The van der Waals surface area contributed by atoms with E-state index in [1.54, 1.807) is 0 Å². The normalized spacial score (nSPS) is 1.75. The second-order valence-electron chi connectivity index (χ2n) is 0. The van der Waals surface area contributed by atoms with Gasteiger partial charge in [0, 0.05) is 0 Å². The Hall–Kier alpha value is 0.0725. The van der Waals surface area contributed by atoms with Crippen LogP contribution in [0, 0.1) is 6.58 Å². The minimum absolute atomic E-state index is 0.611. The molecular formula is C2H4AlO. The van der Waals surface area contributed by atoms with Crippen molar-refractivity contribution < 1.29 is 3.80 Å². The van der Waals surface area contributed by atoms with E-state index in [1.165, 1.54) is 0 Å². The standard InChI is InChI=1S/C2H3.Al.O.H/c1-2;;;/h1H,2H2;;;. The Labute approximate surface area is 34.0 Å². The van der Waals surface area contributed by atoms with Gasteiger partial charge in [-0.05, 0) is 0 Å². The van der Waals surface area contributed by atoms with Gasteiger partial charge >= 0.3 is 20.0 Å². The molecule has 0 fully saturated rings. The molecular weight excluding hydrogens is 67.0 g/mol. The molecule has 0 saturated carbocycles. The molecule has 0 bridgehead atoms. The van der Waals surface area contributed by atoms with Crippen molar-refractivity contribution in [3.8, 4) is 0 Å². The molecule has 0 N–H and O–H groups in total. The van der Waals surface area contributed by atoms with Crippen LogP contribution >= 0.6 is 0 Å². The molecule has 0 saturated heterocycles. The van der Waals surface area contributed by atoms with Crippen LogP contribution in [0.5, 0.6) is 0 Å². The zero-order chi connectivity index (χ0) is 4.00. The van der Waals surface area contributed by atoms with Crippen LogP contribution < -0.4 is 0 Å². The van der Waals surface area contributed by atoms with Crippen molar-refractivity contribution in [3.05, 3.63) is 13.2 Å². The molecule has 0 aromatic rings. The zero-order valence-corrected chi connectivity index (χ0v) is 3.81. The monoisotopic (exact) mass is 71.0 g/mol. The van der Waals surface area contributed by atoms with Crippen molar-refractivity contribution >= 4 is 16.2 Å². The van der Waals surface area contributed by atoms with Crippen LogP contribution in [0.3, 0.4) is 0 Å². The SMILES string of the molecule is [CH]=C.[O]=[AlH]. The molecule has 4 heavy (non-hydrogen) atoms. The van der Waals surface area contributed by atoms with E-state index in [0.717, 1.165) is 0 Å². The summed E-state index contributed by atoms with van der Waals surface area (Å²) in [4.78, 5) is 0. The Morgan fingerprint density at radius 1 is 1.50 bits per heavy atom. The molecule has 0 aliphatic carbocycles. The predicted octanol–water partition coefficient (Wildman–Crippen LogP) is -0.162. The fraction of sp³-hybridized carbons (Fsp3) is 0. The van der Waals surface area contributed by atoms with E-state index in [9.17, 15) is 0 Å². The summed E-state index contributed by atoms with van der Waals surface area (Å²) in [5, 5.41) is 0. The van der Waals surface area contributed by atoms with Crippen LogP contribution in [0.2, 0.25) is 0 Å². The van der Waals surface area contributed by atoms with Gasteiger partial charge in [-0.1, -0.05) is 13.2 Å². The molecule has 21 valence electrons. The predicted molar refractivity (Wildman–Crippen MR) is 17.8 cm³/mol. The van der Waals surface area contributed by atoms with Gasteiger partial charge in [0.05, 0.1) is 0 Å². The molecule has 0 atom stereocenters. The second-order valence-corrected chi connectivity index (χ2v) is 0. The van der Waals surface area contributed by atoms with Crippen molar-refractivity contribution in [2.45, 2.75) is 0 Å². The molecule has 0 spiro atoms. The molecule has 0 unspecified atom stereocenters. The molecule has 0 heterocycles. The van der Waals surface area contributed by atoms with Crippen LogP contribution in [-0.4, -0.2) is 16.2 Å². The van der Waals surface area contributed by atoms with Gasteiger partial charge in [-0.15, -0.1) is 0 Å². The van der Waals surface area contributed by atoms with Gasteiger partial charge in [0.25, 0.3) is 0 Å². The summed E-state index contributed by atoms with van der Waals surface area (Å²) in [6.07, 6.45) is 0. The average molecular weight is 71.0 g/mol. The third kappa shape index (κ3) is 454.